The van der Waals surface area contributed by atoms with E-state index in [4.69, 9.17) is 5.11 Å². The number of carbonyl (C=O) groups is 2. The Labute approximate surface area is 102 Å². The predicted molar refractivity (Wildman–Crippen MR) is 63.5 cm³/mol. The number of carboxylic acids is 1. The summed E-state index contributed by atoms with van der Waals surface area (Å²) in [5, 5.41) is 8.92. The molecule has 0 heterocycles. The third-order valence-electron chi connectivity index (χ3n) is 4.04. The number of rotatable bonds is 4. The van der Waals surface area contributed by atoms with Crippen LogP contribution in [0.2, 0.25) is 0 Å². The summed E-state index contributed by atoms with van der Waals surface area (Å²) < 4.78 is 0. The van der Waals surface area contributed by atoms with Crippen LogP contribution in [0.15, 0.2) is 0 Å². The molecule has 2 saturated carbocycles. The topological polar surface area (TPSA) is 57.6 Å². The van der Waals surface area contributed by atoms with E-state index < -0.39 is 5.97 Å². The van der Waals surface area contributed by atoms with Crippen LogP contribution in [-0.4, -0.2) is 34.5 Å². The van der Waals surface area contributed by atoms with E-state index in [9.17, 15) is 9.59 Å². The van der Waals surface area contributed by atoms with Crippen molar-refractivity contribution in [1.82, 2.24) is 4.90 Å². The summed E-state index contributed by atoms with van der Waals surface area (Å²) in [6.45, 7) is 2.82. The van der Waals surface area contributed by atoms with E-state index in [-0.39, 0.29) is 17.7 Å². The number of carboxylic acid groups (broad SMARTS) is 1. The molecule has 0 bridgehead atoms. The summed E-state index contributed by atoms with van der Waals surface area (Å²) >= 11 is 0. The highest BCUT2D eigenvalue weighted by atomic mass is 16.4. The van der Waals surface area contributed by atoms with Crippen molar-refractivity contribution >= 4 is 11.9 Å². The molecule has 0 aliphatic heterocycles. The van der Waals surface area contributed by atoms with E-state index in [0.717, 1.165) is 32.2 Å². The van der Waals surface area contributed by atoms with Crippen LogP contribution < -0.4 is 0 Å². The van der Waals surface area contributed by atoms with Gasteiger partial charge in [0.15, 0.2) is 0 Å². The highest BCUT2D eigenvalue weighted by molar-refractivity contribution is 5.80. The van der Waals surface area contributed by atoms with Crippen LogP contribution in [0.3, 0.4) is 0 Å². The number of nitrogens with zero attached hydrogens (tertiary/aromatic N) is 1. The Hall–Kier alpha value is -1.06. The second-order valence-electron chi connectivity index (χ2n) is 5.24. The lowest BCUT2D eigenvalue weighted by Crippen LogP contribution is -2.39. The number of hydrogen-bond donors (Lipinski definition) is 1. The first-order chi connectivity index (χ1) is 8.13. The molecule has 0 unspecified atom stereocenters. The van der Waals surface area contributed by atoms with E-state index in [0.29, 0.717) is 18.9 Å². The van der Waals surface area contributed by atoms with Gasteiger partial charge < -0.3 is 10.0 Å². The average Bonchev–Trinajstić information content (AvgIpc) is 3.14. The fourth-order valence-corrected chi connectivity index (χ4v) is 2.80. The Balaban J connectivity index is 1.87. The molecule has 2 fully saturated rings. The highest BCUT2D eigenvalue weighted by Crippen LogP contribution is 2.33. The number of carbonyl (C=O) groups excluding carboxylic acids is 1. The molecule has 4 heteroatoms. The Morgan fingerprint density at radius 1 is 1.06 bits per heavy atom. The lowest BCUT2D eigenvalue weighted by atomic mass is 9.81. The molecule has 2 rings (SSSR count). The summed E-state index contributed by atoms with van der Waals surface area (Å²) in [7, 11) is 0. The first-order valence-corrected chi connectivity index (χ1v) is 6.66. The minimum Gasteiger partial charge on any atom is -0.481 e. The zero-order valence-electron chi connectivity index (χ0n) is 10.4. The van der Waals surface area contributed by atoms with E-state index >= 15 is 0 Å². The van der Waals surface area contributed by atoms with Crippen molar-refractivity contribution in [2.45, 2.75) is 51.5 Å². The molecule has 0 atom stereocenters. The van der Waals surface area contributed by atoms with Crippen LogP contribution in [0.25, 0.3) is 0 Å². The van der Waals surface area contributed by atoms with E-state index in [1.807, 2.05) is 11.8 Å². The Morgan fingerprint density at radius 3 is 2.00 bits per heavy atom. The second kappa shape index (κ2) is 5.07. The van der Waals surface area contributed by atoms with Gasteiger partial charge in [-0.3, -0.25) is 9.59 Å². The molecule has 0 spiro atoms. The maximum absolute atomic E-state index is 12.3. The van der Waals surface area contributed by atoms with Gasteiger partial charge in [0.2, 0.25) is 5.91 Å². The van der Waals surface area contributed by atoms with Crippen molar-refractivity contribution in [3.63, 3.8) is 0 Å². The molecule has 0 saturated heterocycles. The van der Waals surface area contributed by atoms with Crippen LogP contribution in [0.1, 0.15) is 45.4 Å². The Bertz CT molecular complexity index is 304. The van der Waals surface area contributed by atoms with Crippen molar-refractivity contribution in [2.24, 2.45) is 11.8 Å². The van der Waals surface area contributed by atoms with Crippen LogP contribution in [0, 0.1) is 11.8 Å². The maximum Gasteiger partial charge on any atom is 0.306 e. The van der Waals surface area contributed by atoms with Gasteiger partial charge in [-0.15, -0.1) is 0 Å². The Kier molecular flexibility index (Phi) is 3.69. The molecule has 0 aromatic heterocycles. The molecule has 0 aromatic rings. The molecular formula is C13H21NO3. The first kappa shape index (κ1) is 12.4. The van der Waals surface area contributed by atoms with Crippen molar-refractivity contribution in [3.05, 3.63) is 0 Å². The first-order valence-electron chi connectivity index (χ1n) is 6.66. The van der Waals surface area contributed by atoms with Gasteiger partial charge in [-0.1, -0.05) is 0 Å². The van der Waals surface area contributed by atoms with Crippen LogP contribution in [0.4, 0.5) is 0 Å². The summed E-state index contributed by atoms with van der Waals surface area (Å²) in [4.78, 5) is 25.1. The molecule has 4 nitrogen and oxygen atoms in total. The number of aliphatic carboxylic acids is 1. The predicted octanol–water partition coefficient (Wildman–Crippen LogP) is 1.89. The zero-order chi connectivity index (χ0) is 12.4. The average molecular weight is 239 g/mol. The number of amides is 1. The third-order valence-corrected chi connectivity index (χ3v) is 4.04. The van der Waals surface area contributed by atoms with Crippen molar-refractivity contribution in [2.75, 3.05) is 6.54 Å². The fraction of sp³-hybridized carbons (Fsp3) is 0.846. The quantitative estimate of drug-likeness (QED) is 0.815. The van der Waals surface area contributed by atoms with Gasteiger partial charge in [0.25, 0.3) is 0 Å². The van der Waals surface area contributed by atoms with Crippen molar-refractivity contribution in [3.8, 4) is 0 Å². The van der Waals surface area contributed by atoms with Crippen molar-refractivity contribution in [1.29, 1.82) is 0 Å². The molecule has 17 heavy (non-hydrogen) atoms. The number of hydrogen-bond acceptors (Lipinski definition) is 2. The molecule has 1 N–H and O–H groups in total. The largest absolute Gasteiger partial charge is 0.481 e. The van der Waals surface area contributed by atoms with Gasteiger partial charge in [-0.05, 0) is 45.4 Å². The molecule has 96 valence electrons. The minimum absolute atomic E-state index is 0.0751. The van der Waals surface area contributed by atoms with Gasteiger partial charge in [0.05, 0.1) is 5.92 Å². The normalized spacial score (nSPS) is 28.8. The van der Waals surface area contributed by atoms with Gasteiger partial charge in [0, 0.05) is 18.5 Å². The Morgan fingerprint density at radius 2 is 1.59 bits per heavy atom. The summed E-state index contributed by atoms with van der Waals surface area (Å²) in [6, 6.07) is 0.477. The van der Waals surface area contributed by atoms with E-state index in [1.165, 1.54) is 0 Å². The van der Waals surface area contributed by atoms with E-state index in [2.05, 4.69) is 0 Å². The zero-order valence-corrected chi connectivity index (χ0v) is 10.4. The van der Waals surface area contributed by atoms with Crippen LogP contribution >= 0.6 is 0 Å². The van der Waals surface area contributed by atoms with Crippen LogP contribution in [-0.2, 0) is 9.59 Å². The molecule has 1 amide bonds. The lowest BCUT2D eigenvalue weighted by Gasteiger charge is -2.30. The van der Waals surface area contributed by atoms with Gasteiger partial charge >= 0.3 is 5.97 Å². The molecule has 0 radical (unpaired) electrons. The maximum atomic E-state index is 12.3. The molecule has 2 aliphatic rings. The highest BCUT2D eigenvalue weighted by Gasteiger charge is 2.37. The van der Waals surface area contributed by atoms with Gasteiger partial charge in [-0.2, -0.15) is 0 Å². The standard InChI is InChI=1S/C13H21NO3/c1-2-14(11-7-8-11)12(15)9-3-5-10(6-4-9)13(16)17/h9-11H,2-8H2,1H3,(H,16,17). The molecule has 2 aliphatic carbocycles. The minimum atomic E-state index is -0.703. The van der Waals surface area contributed by atoms with Gasteiger partial charge in [-0.25, -0.2) is 0 Å². The molecular weight excluding hydrogens is 218 g/mol. The lowest BCUT2D eigenvalue weighted by molar-refractivity contribution is -0.145. The fourth-order valence-electron chi connectivity index (χ4n) is 2.80. The van der Waals surface area contributed by atoms with Crippen LogP contribution in [0.5, 0.6) is 0 Å². The monoisotopic (exact) mass is 239 g/mol. The summed E-state index contributed by atoms with van der Waals surface area (Å²) in [5.41, 5.74) is 0. The summed E-state index contributed by atoms with van der Waals surface area (Å²) in [5.74, 6) is -0.592. The van der Waals surface area contributed by atoms with Crippen molar-refractivity contribution < 1.29 is 14.7 Å². The smallest absolute Gasteiger partial charge is 0.306 e. The third kappa shape index (κ3) is 2.79. The second-order valence-corrected chi connectivity index (χ2v) is 5.24. The SMILES string of the molecule is CCN(C(=O)C1CCC(C(=O)O)CC1)C1CC1. The van der Waals surface area contributed by atoms with E-state index in [1.54, 1.807) is 0 Å². The van der Waals surface area contributed by atoms with Gasteiger partial charge in [0.1, 0.15) is 0 Å². The summed E-state index contributed by atoms with van der Waals surface area (Å²) in [6.07, 6.45) is 5.11. The molecule has 0 aromatic carbocycles.